The molecule has 0 saturated carbocycles. The predicted molar refractivity (Wildman–Crippen MR) is 75.5 cm³/mol. The van der Waals surface area contributed by atoms with Gasteiger partial charge in [-0.1, -0.05) is 0 Å². The zero-order valence-corrected chi connectivity index (χ0v) is 12.1. The third-order valence-corrected chi connectivity index (χ3v) is 2.05. The van der Waals surface area contributed by atoms with Crippen molar-refractivity contribution in [2.45, 2.75) is 19.6 Å². The maximum atomic E-state index is 11.5. The van der Waals surface area contributed by atoms with Crippen molar-refractivity contribution >= 4 is 12.6 Å². The van der Waals surface area contributed by atoms with Crippen molar-refractivity contribution in [3.05, 3.63) is 22.7 Å². The number of nitrogen functional groups attached to an aromatic ring is 1. The molecule has 116 valence electrons. The molecule has 0 spiro atoms. The maximum Gasteiger partial charge on any atom is 0.349 e. The van der Waals surface area contributed by atoms with E-state index in [1.807, 2.05) is 13.7 Å². The largest absolute Gasteiger partial charge is 0.400 e. The molecule has 3 N–H and O–H groups in total. The van der Waals surface area contributed by atoms with Crippen LogP contribution in [0.2, 0.25) is 0 Å². The van der Waals surface area contributed by atoms with Gasteiger partial charge in [0.2, 0.25) is 0 Å². The third-order valence-electron chi connectivity index (χ3n) is 2.05. The van der Waals surface area contributed by atoms with Crippen LogP contribution in [0.25, 0.3) is 0 Å². The zero-order valence-electron chi connectivity index (χ0n) is 12.1. The molecule has 8 heteroatoms. The summed E-state index contributed by atoms with van der Waals surface area (Å²) in [6.07, 6.45) is 1.45. The van der Waals surface area contributed by atoms with Gasteiger partial charge in [-0.2, -0.15) is 4.98 Å². The Bertz CT molecular complexity index is 391. The maximum absolute atomic E-state index is 11.5. The number of aliphatic hydroxyl groups excluding tert-OH is 1. The molecule has 0 aliphatic rings. The number of carbonyl (C=O) groups excluding carboxylic acids is 1. The van der Waals surface area contributed by atoms with Gasteiger partial charge in [-0.05, 0) is 13.0 Å². The molecule has 0 saturated heterocycles. The van der Waals surface area contributed by atoms with Crippen molar-refractivity contribution in [1.82, 2.24) is 9.55 Å². The number of hydrogen-bond acceptors (Lipinski definition) is 7. The lowest BCUT2D eigenvalue weighted by molar-refractivity contribution is -0.0979. The lowest BCUT2D eigenvalue weighted by Gasteiger charge is -2.16. The highest BCUT2D eigenvalue weighted by molar-refractivity contribution is 5.23. The first-order valence-corrected chi connectivity index (χ1v) is 5.84. The average molecular weight is 289 g/mol. The van der Waals surface area contributed by atoms with Gasteiger partial charge in [0.1, 0.15) is 12.6 Å². The number of carbonyl (C=O) groups is 1. The number of rotatable bonds is 6. The van der Waals surface area contributed by atoms with E-state index in [0.29, 0.717) is 19.8 Å². The average Bonchev–Trinajstić information content (AvgIpc) is 2.47. The minimum Gasteiger partial charge on any atom is -0.400 e. The highest BCUT2D eigenvalue weighted by Crippen LogP contribution is 1.98. The standard InChI is InChI=1S/C10H17N3O3.CH4O.CH2O/c1-3-16-8(7-15-2)6-13-5-4-9(11)12-10(13)14;2*1-2/h4-5,8H,3,6-7H2,1-2H3,(H2,11,12,14);2H,1H3;1H2/t8-;;/m0../s1. The molecule has 0 aliphatic heterocycles. The lowest BCUT2D eigenvalue weighted by atomic mass is 10.3. The van der Waals surface area contributed by atoms with Crippen molar-refractivity contribution in [3.63, 3.8) is 0 Å². The van der Waals surface area contributed by atoms with Crippen LogP contribution >= 0.6 is 0 Å². The fraction of sp³-hybridized carbons (Fsp3) is 0.583. The summed E-state index contributed by atoms with van der Waals surface area (Å²) in [5, 5.41) is 7.00. The molecule has 20 heavy (non-hydrogen) atoms. The van der Waals surface area contributed by atoms with E-state index in [1.54, 1.807) is 19.4 Å². The molecule has 1 aromatic rings. The second kappa shape index (κ2) is 13.7. The number of anilines is 1. The molecule has 1 aromatic heterocycles. The van der Waals surface area contributed by atoms with Gasteiger partial charge in [0.25, 0.3) is 0 Å². The van der Waals surface area contributed by atoms with Crippen molar-refractivity contribution in [2.75, 3.05) is 33.2 Å². The molecular formula is C12H23N3O5. The fourth-order valence-corrected chi connectivity index (χ4v) is 1.38. The molecule has 0 bridgehead atoms. The number of aliphatic hydroxyl groups is 1. The van der Waals surface area contributed by atoms with Crippen molar-refractivity contribution in [2.24, 2.45) is 0 Å². The van der Waals surface area contributed by atoms with E-state index in [9.17, 15) is 4.79 Å². The molecule has 0 aliphatic carbocycles. The Kier molecular flexibility index (Phi) is 14.0. The molecule has 0 amide bonds. The summed E-state index contributed by atoms with van der Waals surface area (Å²) in [6.45, 7) is 5.32. The Labute approximate surface area is 118 Å². The van der Waals surface area contributed by atoms with Gasteiger partial charge in [0, 0.05) is 27.0 Å². The Balaban J connectivity index is 0. The summed E-state index contributed by atoms with van der Waals surface area (Å²) in [5.41, 5.74) is 5.02. The lowest BCUT2D eigenvalue weighted by Crippen LogP contribution is -2.32. The first-order valence-electron chi connectivity index (χ1n) is 5.84. The topological polar surface area (TPSA) is 117 Å². The monoisotopic (exact) mass is 289 g/mol. The third kappa shape index (κ3) is 8.35. The van der Waals surface area contributed by atoms with E-state index < -0.39 is 0 Å². The first-order chi connectivity index (χ1) is 9.67. The number of aromatic nitrogens is 2. The Morgan fingerprint density at radius 3 is 2.55 bits per heavy atom. The smallest absolute Gasteiger partial charge is 0.349 e. The van der Waals surface area contributed by atoms with Gasteiger partial charge in [-0.15, -0.1) is 0 Å². The number of nitrogens with zero attached hydrogens (tertiary/aromatic N) is 2. The van der Waals surface area contributed by atoms with E-state index in [1.165, 1.54) is 4.57 Å². The molecule has 1 rings (SSSR count). The van der Waals surface area contributed by atoms with E-state index in [0.717, 1.165) is 7.11 Å². The molecule has 0 fully saturated rings. The van der Waals surface area contributed by atoms with Crippen LogP contribution < -0.4 is 11.4 Å². The second-order valence-corrected chi connectivity index (χ2v) is 3.32. The second-order valence-electron chi connectivity index (χ2n) is 3.32. The number of hydrogen-bond donors (Lipinski definition) is 2. The molecule has 0 unspecified atom stereocenters. The fourth-order valence-electron chi connectivity index (χ4n) is 1.38. The van der Waals surface area contributed by atoms with Crippen LogP contribution in [0.5, 0.6) is 0 Å². The molecule has 1 heterocycles. The predicted octanol–water partition coefficient (Wildman–Crippen LogP) is -0.699. The van der Waals surface area contributed by atoms with Crippen LogP contribution in [-0.2, 0) is 20.8 Å². The minimum atomic E-state index is -0.374. The van der Waals surface area contributed by atoms with E-state index in [2.05, 4.69) is 4.98 Å². The molecule has 8 nitrogen and oxygen atoms in total. The van der Waals surface area contributed by atoms with Gasteiger partial charge in [-0.25, -0.2) is 4.79 Å². The van der Waals surface area contributed by atoms with Crippen LogP contribution in [0.1, 0.15) is 6.92 Å². The zero-order chi connectivity index (χ0) is 16.0. The Hall–Kier alpha value is -1.77. The van der Waals surface area contributed by atoms with Crippen LogP contribution in [0, 0.1) is 0 Å². The summed E-state index contributed by atoms with van der Waals surface area (Å²) in [5.74, 6) is 0.223. The normalized spacial score (nSPS) is 10.6. The van der Waals surface area contributed by atoms with Crippen LogP contribution in [0.3, 0.4) is 0 Å². The number of nitrogens with two attached hydrogens (primary N) is 1. The first kappa shape index (κ1) is 20.5. The van der Waals surface area contributed by atoms with Gasteiger partial charge in [0.15, 0.2) is 0 Å². The summed E-state index contributed by atoms with van der Waals surface area (Å²) >= 11 is 0. The molecule has 0 aromatic carbocycles. The highest BCUT2D eigenvalue weighted by atomic mass is 16.5. The van der Waals surface area contributed by atoms with Crippen LogP contribution in [0.4, 0.5) is 5.82 Å². The van der Waals surface area contributed by atoms with E-state index in [-0.39, 0.29) is 17.6 Å². The van der Waals surface area contributed by atoms with Gasteiger partial charge >= 0.3 is 5.69 Å². The van der Waals surface area contributed by atoms with Gasteiger partial charge in [0.05, 0.1) is 19.3 Å². The molecule has 1 atom stereocenters. The summed E-state index contributed by atoms with van der Waals surface area (Å²) < 4.78 is 11.9. The number of methoxy groups -OCH3 is 1. The van der Waals surface area contributed by atoms with E-state index in [4.69, 9.17) is 25.1 Å². The quantitative estimate of drug-likeness (QED) is 0.711. The van der Waals surface area contributed by atoms with E-state index >= 15 is 0 Å². The Morgan fingerprint density at radius 2 is 2.10 bits per heavy atom. The molecule has 0 radical (unpaired) electrons. The van der Waals surface area contributed by atoms with Crippen molar-refractivity contribution < 1.29 is 19.4 Å². The van der Waals surface area contributed by atoms with Crippen LogP contribution in [0.15, 0.2) is 17.1 Å². The minimum absolute atomic E-state index is 0.155. The summed E-state index contributed by atoms with van der Waals surface area (Å²) in [7, 11) is 2.59. The van der Waals surface area contributed by atoms with Crippen LogP contribution in [-0.4, -0.2) is 55.0 Å². The summed E-state index contributed by atoms with van der Waals surface area (Å²) in [6, 6.07) is 1.58. The van der Waals surface area contributed by atoms with Gasteiger partial charge < -0.3 is 25.1 Å². The van der Waals surface area contributed by atoms with Crippen molar-refractivity contribution in [1.29, 1.82) is 0 Å². The highest BCUT2D eigenvalue weighted by Gasteiger charge is 2.10. The Morgan fingerprint density at radius 1 is 1.50 bits per heavy atom. The number of ether oxygens (including phenoxy) is 2. The summed E-state index contributed by atoms with van der Waals surface area (Å²) in [4.78, 5) is 23.1. The van der Waals surface area contributed by atoms with Crippen molar-refractivity contribution in [3.8, 4) is 0 Å². The molecular weight excluding hydrogens is 266 g/mol. The SMILES string of the molecule is C=O.CCO[C@H](COC)Cn1ccc(N)nc1=O.CO. The van der Waals surface area contributed by atoms with Gasteiger partial charge in [-0.3, -0.25) is 4.57 Å².